The maximum Gasteiger partial charge on any atom is 0.0622 e. The summed E-state index contributed by atoms with van der Waals surface area (Å²) < 4.78 is 0. The molecule has 0 aliphatic heterocycles. The molecule has 4 aliphatic rings. The number of fused-ring (bicyclic) bond motifs is 5. The van der Waals surface area contributed by atoms with E-state index in [-0.39, 0.29) is 6.10 Å². The van der Waals surface area contributed by atoms with Crippen LogP contribution in [0.1, 0.15) is 85.5 Å². The molecule has 2 heteroatoms. The molecule has 0 aromatic rings. The highest BCUT2D eigenvalue weighted by Crippen LogP contribution is 2.66. The van der Waals surface area contributed by atoms with Gasteiger partial charge in [-0.1, -0.05) is 20.3 Å². The topological polar surface area (TPSA) is 40.5 Å². The Morgan fingerprint density at radius 3 is 2.40 bits per heavy atom. The molecule has 4 rings (SSSR count). The van der Waals surface area contributed by atoms with Gasteiger partial charge < -0.3 is 10.2 Å². The van der Waals surface area contributed by atoms with Gasteiger partial charge in [0.15, 0.2) is 0 Å². The van der Waals surface area contributed by atoms with Crippen molar-refractivity contribution in [1.82, 2.24) is 0 Å². The van der Waals surface area contributed by atoms with Gasteiger partial charge >= 0.3 is 0 Å². The first kappa shape index (κ1) is 18.3. The standard InChI is InChI=1S/C23H40O2/c1-5-15-6-9-22(3)10-7-18-17-8-11-23(4,25)13-16(17)12-19(14(2)24)20(18)21(15)22/h14-21,24-25H,5-13H2,1-4H3/t14?,15-,16-,17+,18-,19?,20+,21+,22+,23-/m1/s1. The predicted octanol–water partition coefficient (Wildman–Crippen LogP) is 5.02. The van der Waals surface area contributed by atoms with Crippen molar-refractivity contribution in [2.45, 2.75) is 97.2 Å². The van der Waals surface area contributed by atoms with E-state index in [2.05, 4.69) is 13.8 Å². The molecule has 0 saturated heterocycles. The van der Waals surface area contributed by atoms with Crippen LogP contribution < -0.4 is 0 Å². The minimum Gasteiger partial charge on any atom is -0.393 e. The first-order chi connectivity index (χ1) is 11.8. The van der Waals surface area contributed by atoms with Crippen molar-refractivity contribution in [3.05, 3.63) is 0 Å². The Bertz CT molecular complexity index is 498. The molecule has 2 unspecified atom stereocenters. The van der Waals surface area contributed by atoms with Crippen LogP contribution in [0.3, 0.4) is 0 Å². The zero-order chi connectivity index (χ0) is 18.0. The first-order valence-corrected chi connectivity index (χ1v) is 11.2. The Kier molecular flexibility index (Phi) is 4.56. The molecular weight excluding hydrogens is 308 g/mol. The van der Waals surface area contributed by atoms with Crippen molar-refractivity contribution >= 4 is 0 Å². The molecule has 4 aliphatic carbocycles. The minimum absolute atomic E-state index is 0.194. The molecule has 0 radical (unpaired) electrons. The average Bonchev–Trinajstić information content (AvgIpc) is 2.89. The van der Waals surface area contributed by atoms with Crippen LogP contribution in [-0.4, -0.2) is 21.9 Å². The van der Waals surface area contributed by atoms with Crippen LogP contribution in [0.25, 0.3) is 0 Å². The van der Waals surface area contributed by atoms with Gasteiger partial charge in [0, 0.05) is 0 Å². The lowest BCUT2D eigenvalue weighted by atomic mass is 9.45. The lowest BCUT2D eigenvalue weighted by Crippen LogP contribution is -2.55. The molecule has 0 heterocycles. The normalized spacial score (nSPS) is 56.6. The largest absolute Gasteiger partial charge is 0.393 e. The third-order valence-corrected chi connectivity index (χ3v) is 9.44. The third kappa shape index (κ3) is 2.90. The molecule has 0 amide bonds. The summed E-state index contributed by atoms with van der Waals surface area (Å²) in [4.78, 5) is 0. The SMILES string of the molecule is CC[C@@H]1CC[C@@]2(C)CC[C@@H]3[C@H]4CC[C@@](C)(O)C[C@H]4CC(C(C)O)[C@H]3[C@H]12. The molecule has 25 heavy (non-hydrogen) atoms. The van der Waals surface area contributed by atoms with E-state index in [9.17, 15) is 10.2 Å². The van der Waals surface area contributed by atoms with Crippen molar-refractivity contribution in [2.75, 3.05) is 0 Å². The highest BCUT2D eigenvalue weighted by Gasteiger charge is 2.60. The van der Waals surface area contributed by atoms with E-state index in [1.165, 1.54) is 38.5 Å². The fourth-order valence-corrected chi connectivity index (χ4v) is 8.38. The molecule has 10 atom stereocenters. The van der Waals surface area contributed by atoms with Gasteiger partial charge in [-0.15, -0.1) is 0 Å². The van der Waals surface area contributed by atoms with Gasteiger partial charge in [-0.2, -0.15) is 0 Å². The molecule has 0 spiro atoms. The van der Waals surface area contributed by atoms with Crippen LogP contribution >= 0.6 is 0 Å². The number of hydrogen-bond donors (Lipinski definition) is 2. The van der Waals surface area contributed by atoms with Crippen LogP contribution in [0.2, 0.25) is 0 Å². The predicted molar refractivity (Wildman–Crippen MR) is 102 cm³/mol. The molecule has 0 aromatic carbocycles. The average molecular weight is 349 g/mol. The maximum atomic E-state index is 10.7. The van der Waals surface area contributed by atoms with Crippen LogP contribution in [0.4, 0.5) is 0 Å². The van der Waals surface area contributed by atoms with Gasteiger partial charge in [-0.25, -0.2) is 0 Å². The van der Waals surface area contributed by atoms with Gasteiger partial charge in [-0.3, -0.25) is 0 Å². The second-order valence-corrected chi connectivity index (χ2v) is 11.0. The summed E-state index contributed by atoms with van der Waals surface area (Å²) in [6, 6.07) is 0. The van der Waals surface area contributed by atoms with Crippen molar-refractivity contribution in [2.24, 2.45) is 46.8 Å². The zero-order valence-corrected chi connectivity index (χ0v) is 16.9. The Morgan fingerprint density at radius 2 is 1.72 bits per heavy atom. The van der Waals surface area contributed by atoms with E-state index in [0.29, 0.717) is 17.3 Å². The van der Waals surface area contributed by atoms with Gasteiger partial charge in [0.25, 0.3) is 0 Å². The summed E-state index contributed by atoms with van der Waals surface area (Å²) in [7, 11) is 0. The minimum atomic E-state index is -0.472. The highest BCUT2D eigenvalue weighted by atomic mass is 16.3. The van der Waals surface area contributed by atoms with E-state index < -0.39 is 5.60 Å². The summed E-state index contributed by atoms with van der Waals surface area (Å²) in [5.41, 5.74) is 0.0573. The highest BCUT2D eigenvalue weighted by molar-refractivity contribution is 5.09. The van der Waals surface area contributed by atoms with Crippen LogP contribution in [0, 0.1) is 46.8 Å². The van der Waals surface area contributed by atoms with Crippen molar-refractivity contribution < 1.29 is 10.2 Å². The van der Waals surface area contributed by atoms with Gasteiger partial charge in [0.2, 0.25) is 0 Å². The van der Waals surface area contributed by atoms with E-state index >= 15 is 0 Å². The Morgan fingerprint density at radius 1 is 1.04 bits per heavy atom. The summed E-state index contributed by atoms with van der Waals surface area (Å²) in [6.07, 6.45) is 11.0. The molecule has 4 fully saturated rings. The van der Waals surface area contributed by atoms with Gasteiger partial charge in [-0.05, 0) is 112 Å². The summed E-state index contributed by atoms with van der Waals surface area (Å²) >= 11 is 0. The van der Waals surface area contributed by atoms with Crippen LogP contribution in [-0.2, 0) is 0 Å². The molecule has 0 aromatic heterocycles. The number of aliphatic hydroxyl groups is 2. The summed E-state index contributed by atoms with van der Waals surface area (Å²) in [5, 5.41) is 21.4. The Hall–Kier alpha value is -0.0800. The van der Waals surface area contributed by atoms with Gasteiger partial charge in [0.05, 0.1) is 11.7 Å². The first-order valence-electron chi connectivity index (χ1n) is 11.2. The smallest absolute Gasteiger partial charge is 0.0622 e. The zero-order valence-electron chi connectivity index (χ0n) is 16.9. The molecule has 4 saturated carbocycles. The van der Waals surface area contributed by atoms with Gasteiger partial charge in [0.1, 0.15) is 0 Å². The number of rotatable bonds is 2. The van der Waals surface area contributed by atoms with Crippen LogP contribution in [0.5, 0.6) is 0 Å². The molecule has 144 valence electrons. The monoisotopic (exact) mass is 348 g/mol. The van der Waals surface area contributed by atoms with Crippen LogP contribution in [0.15, 0.2) is 0 Å². The quantitative estimate of drug-likeness (QED) is 0.735. The number of hydrogen-bond acceptors (Lipinski definition) is 2. The Labute approximate surface area is 154 Å². The summed E-state index contributed by atoms with van der Waals surface area (Å²) in [6.45, 7) is 9.04. The van der Waals surface area contributed by atoms with E-state index in [0.717, 1.165) is 48.9 Å². The van der Waals surface area contributed by atoms with Crippen molar-refractivity contribution in [1.29, 1.82) is 0 Å². The van der Waals surface area contributed by atoms with Crippen molar-refractivity contribution in [3.8, 4) is 0 Å². The Balaban J connectivity index is 1.68. The second kappa shape index (κ2) is 6.23. The molecular formula is C23H40O2. The lowest BCUT2D eigenvalue weighted by molar-refractivity contribution is -0.144. The fraction of sp³-hybridized carbons (Fsp3) is 1.00. The fourth-order valence-electron chi connectivity index (χ4n) is 8.38. The molecule has 2 nitrogen and oxygen atoms in total. The third-order valence-electron chi connectivity index (χ3n) is 9.44. The maximum absolute atomic E-state index is 10.7. The van der Waals surface area contributed by atoms with E-state index in [4.69, 9.17) is 0 Å². The molecule has 2 N–H and O–H groups in total. The van der Waals surface area contributed by atoms with E-state index in [1.807, 2.05) is 13.8 Å². The molecule has 0 bridgehead atoms. The van der Waals surface area contributed by atoms with E-state index in [1.54, 1.807) is 0 Å². The lowest BCUT2D eigenvalue weighted by Gasteiger charge is -2.60. The summed E-state index contributed by atoms with van der Waals surface area (Å²) in [5.74, 6) is 5.15. The van der Waals surface area contributed by atoms with Crippen molar-refractivity contribution in [3.63, 3.8) is 0 Å². The number of aliphatic hydroxyl groups excluding tert-OH is 1. The second-order valence-electron chi connectivity index (χ2n) is 11.0.